The highest BCUT2D eigenvalue weighted by molar-refractivity contribution is 9.10. The number of hydrogen-bond donors (Lipinski definition) is 1. The molecule has 2 rings (SSSR count). The van der Waals surface area contributed by atoms with Gasteiger partial charge in [0.15, 0.2) is 0 Å². The molecule has 1 amide bonds. The number of aromatic carboxylic acids is 1. The predicted molar refractivity (Wildman–Crippen MR) is 119 cm³/mol. The van der Waals surface area contributed by atoms with Crippen LogP contribution >= 0.6 is 15.9 Å². The van der Waals surface area contributed by atoms with Crippen LogP contribution in [0.5, 0.6) is 0 Å². The first-order chi connectivity index (χ1) is 13.4. The highest BCUT2D eigenvalue weighted by atomic mass is 79.9. The molecule has 2 unspecified atom stereocenters. The minimum Gasteiger partial charge on any atom is -0.478 e. The number of piperidine rings is 1. The Morgan fingerprint density at radius 3 is 2.24 bits per heavy atom. The summed E-state index contributed by atoms with van der Waals surface area (Å²) in [5, 5.41) is 9.55. The van der Waals surface area contributed by atoms with Crippen molar-refractivity contribution in [2.45, 2.75) is 85.0 Å². The Kier molecular flexibility index (Phi) is 7.25. The van der Waals surface area contributed by atoms with Crippen LogP contribution in [0, 0.1) is 6.92 Å². The molecule has 0 bridgehead atoms. The van der Waals surface area contributed by atoms with Crippen molar-refractivity contribution < 1.29 is 19.4 Å². The summed E-state index contributed by atoms with van der Waals surface area (Å²) in [6.45, 7) is 14.4. The van der Waals surface area contributed by atoms with Crippen LogP contribution in [-0.4, -0.2) is 52.3 Å². The quantitative estimate of drug-likeness (QED) is 0.634. The van der Waals surface area contributed by atoms with E-state index in [0.29, 0.717) is 5.56 Å². The molecular weight excluding hydrogens is 436 g/mol. The van der Waals surface area contributed by atoms with Gasteiger partial charge in [0.25, 0.3) is 0 Å². The minimum atomic E-state index is -0.928. The third-order valence-corrected chi connectivity index (χ3v) is 5.90. The van der Waals surface area contributed by atoms with Gasteiger partial charge in [-0.2, -0.15) is 0 Å². The Morgan fingerprint density at radius 1 is 1.24 bits per heavy atom. The van der Waals surface area contributed by atoms with Crippen molar-refractivity contribution >= 4 is 33.7 Å². The van der Waals surface area contributed by atoms with Crippen LogP contribution in [0.3, 0.4) is 0 Å². The highest BCUT2D eigenvalue weighted by Crippen LogP contribution is 2.35. The molecule has 1 heterocycles. The number of hydrogen-bond acceptors (Lipinski definition) is 4. The summed E-state index contributed by atoms with van der Waals surface area (Å²) in [5.41, 5.74) is 1.47. The van der Waals surface area contributed by atoms with Gasteiger partial charge in [0.1, 0.15) is 5.60 Å². The molecule has 0 spiro atoms. The highest BCUT2D eigenvalue weighted by Gasteiger charge is 2.38. The number of anilines is 1. The maximum atomic E-state index is 12.7. The number of nitrogens with zero attached hydrogens (tertiary/aromatic N) is 2. The first-order valence-corrected chi connectivity index (χ1v) is 11.0. The number of carboxylic acid groups (broad SMARTS) is 1. The largest absolute Gasteiger partial charge is 0.478 e. The number of likely N-dealkylation sites (tertiary alicyclic amines) is 1. The number of carbonyl (C=O) groups is 2. The molecule has 1 aromatic rings. The molecule has 7 heteroatoms. The summed E-state index contributed by atoms with van der Waals surface area (Å²) in [5.74, 6) is -0.928. The van der Waals surface area contributed by atoms with E-state index in [-0.39, 0.29) is 24.2 Å². The Balaban J connectivity index is 2.30. The van der Waals surface area contributed by atoms with Crippen LogP contribution in [0.1, 0.15) is 70.3 Å². The van der Waals surface area contributed by atoms with E-state index in [0.717, 1.165) is 35.1 Å². The van der Waals surface area contributed by atoms with Gasteiger partial charge in [0, 0.05) is 34.8 Å². The lowest BCUT2D eigenvalue weighted by atomic mass is 9.91. The second-order valence-corrected chi connectivity index (χ2v) is 9.82. The molecule has 1 saturated heterocycles. The van der Waals surface area contributed by atoms with E-state index in [1.54, 1.807) is 6.07 Å². The lowest BCUT2D eigenvalue weighted by Gasteiger charge is -2.47. The number of halogens is 1. The molecule has 1 N–H and O–H groups in total. The van der Waals surface area contributed by atoms with Gasteiger partial charge in [-0.25, -0.2) is 9.59 Å². The second kappa shape index (κ2) is 8.94. The molecule has 0 aliphatic carbocycles. The van der Waals surface area contributed by atoms with E-state index < -0.39 is 11.6 Å². The smallest absolute Gasteiger partial charge is 0.410 e. The number of carboxylic acids is 1. The molecule has 3 atom stereocenters. The van der Waals surface area contributed by atoms with Crippen molar-refractivity contribution in [2.75, 3.05) is 11.4 Å². The minimum absolute atomic E-state index is 0.0269. The maximum absolute atomic E-state index is 12.7. The van der Waals surface area contributed by atoms with E-state index in [1.165, 1.54) is 0 Å². The fourth-order valence-corrected chi connectivity index (χ4v) is 4.73. The summed E-state index contributed by atoms with van der Waals surface area (Å²) in [7, 11) is 0. The first kappa shape index (κ1) is 23.5. The summed E-state index contributed by atoms with van der Waals surface area (Å²) in [6.07, 6.45) is 1.32. The predicted octanol–water partition coefficient (Wildman–Crippen LogP) is 5.46. The van der Waals surface area contributed by atoms with Gasteiger partial charge < -0.3 is 19.6 Å². The van der Waals surface area contributed by atoms with E-state index >= 15 is 0 Å². The number of benzene rings is 1. The number of ether oxygens (including phenoxy) is 1. The Hall–Kier alpha value is -1.76. The molecule has 6 nitrogen and oxygen atoms in total. The molecule has 1 aromatic carbocycles. The van der Waals surface area contributed by atoms with Gasteiger partial charge in [0.2, 0.25) is 0 Å². The second-order valence-electron chi connectivity index (χ2n) is 8.90. The molecular formula is C22H33BrN2O4. The van der Waals surface area contributed by atoms with Crippen LogP contribution in [0.15, 0.2) is 16.6 Å². The van der Waals surface area contributed by atoms with Crippen molar-refractivity contribution in [1.29, 1.82) is 0 Å². The van der Waals surface area contributed by atoms with Gasteiger partial charge in [-0.15, -0.1) is 0 Å². The number of amides is 1. The zero-order chi connectivity index (χ0) is 22.1. The van der Waals surface area contributed by atoms with Crippen LogP contribution in [0.25, 0.3) is 0 Å². The maximum Gasteiger partial charge on any atom is 0.410 e. The lowest BCUT2D eigenvalue weighted by molar-refractivity contribution is -0.00252. The standard InChI is InChI=1S/C22H33BrN2O4/c1-8-24(19-12-16(23)11-18(15(19)4)20(26)27)17-9-13(2)25(14(3)10-17)21(28)29-22(5,6)7/h11-14,17H,8-10H2,1-7H3,(H,26,27)/t13-,14?,17?/m1/s1. The van der Waals surface area contributed by atoms with Crippen LogP contribution in [-0.2, 0) is 4.74 Å². The fourth-order valence-electron chi connectivity index (χ4n) is 4.28. The summed E-state index contributed by atoms with van der Waals surface area (Å²) >= 11 is 3.46. The summed E-state index contributed by atoms with van der Waals surface area (Å²) in [6, 6.07) is 3.89. The van der Waals surface area contributed by atoms with Gasteiger partial charge in [0.05, 0.1) is 5.56 Å². The molecule has 1 aliphatic heterocycles. The average Bonchev–Trinajstić information content (AvgIpc) is 2.55. The lowest BCUT2D eigenvalue weighted by Crippen LogP contribution is -2.56. The Labute approximate surface area is 182 Å². The zero-order valence-electron chi connectivity index (χ0n) is 18.5. The monoisotopic (exact) mass is 468 g/mol. The van der Waals surface area contributed by atoms with Crippen molar-refractivity contribution in [3.63, 3.8) is 0 Å². The van der Waals surface area contributed by atoms with Gasteiger partial charge in [-0.3, -0.25) is 0 Å². The van der Waals surface area contributed by atoms with E-state index in [1.807, 2.05) is 38.7 Å². The zero-order valence-corrected chi connectivity index (χ0v) is 20.0. The van der Waals surface area contributed by atoms with Crippen molar-refractivity contribution in [1.82, 2.24) is 4.90 Å². The summed E-state index contributed by atoms with van der Waals surface area (Å²) in [4.78, 5) is 28.4. The van der Waals surface area contributed by atoms with E-state index in [4.69, 9.17) is 4.74 Å². The summed E-state index contributed by atoms with van der Waals surface area (Å²) < 4.78 is 6.35. The normalized spacial score (nSPS) is 22.3. The average molecular weight is 469 g/mol. The topological polar surface area (TPSA) is 70.1 Å². The van der Waals surface area contributed by atoms with Gasteiger partial charge in [-0.1, -0.05) is 15.9 Å². The van der Waals surface area contributed by atoms with Crippen LogP contribution in [0.2, 0.25) is 0 Å². The first-order valence-electron chi connectivity index (χ1n) is 10.2. The van der Waals surface area contributed by atoms with Gasteiger partial charge in [-0.05, 0) is 79.0 Å². The van der Waals surface area contributed by atoms with Crippen molar-refractivity contribution in [3.05, 3.63) is 27.7 Å². The molecule has 0 aromatic heterocycles. The van der Waals surface area contributed by atoms with Crippen LogP contribution in [0.4, 0.5) is 10.5 Å². The third kappa shape index (κ3) is 5.44. The van der Waals surface area contributed by atoms with Gasteiger partial charge >= 0.3 is 12.1 Å². The third-order valence-electron chi connectivity index (χ3n) is 5.45. The van der Waals surface area contributed by atoms with Crippen LogP contribution < -0.4 is 4.90 Å². The number of carbonyl (C=O) groups excluding carboxylic acids is 1. The van der Waals surface area contributed by atoms with E-state index in [2.05, 4.69) is 41.6 Å². The van der Waals surface area contributed by atoms with Crippen molar-refractivity contribution in [2.24, 2.45) is 0 Å². The molecule has 0 radical (unpaired) electrons. The Bertz CT molecular complexity index is 763. The van der Waals surface area contributed by atoms with Crippen molar-refractivity contribution in [3.8, 4) is 0 Å². The molecule has 1 aliphatic rings. The number of rotatable bonds is 4. The molecule has 1 fully saturated rings. The SMILES string of the molecule is CCN(c1cc(Br)cc(C(=O)O)c1C)C1CC(C)N(C(=O)OC(C)(C)C)[C@H](C)C1. The fraction of sp³-hybridized carbons (Fsp3) is 0.636. The molecule has 162 valence electrons. The molecule has 0 saturated carbocycles. The van der Waals surface area contributed by atoms with E-state index in [9.17, 15) is 14.7 Å². The Morgan fingerprint density at radius 2 is 1.79 bits per heavy atom. The molecule has 29 heavy (non-hydrogen) atoms.